The van der Waals surface area contributed by atoms with Crippen molar-refractivity contribution in [3.05, 3.63) is 95.4 Å². The minimum absolute atomic E-state index is 0.0395. The van der Waals surface area contributed by atoms with Crippen LogP contribution in [0.15, 0.2) is 81.8 Å². The molecule has 0 aliphatic carbocycles. The number of nitrogens with zero attached hydrogens (tertiary/aromatic N) is 4. The van der Waals surface area contributed by atoms with E-state index >= 15 is 0 Å². The molecule has 4 aromatic rings. The molecule has 1 amide bonds. The Balaban J connectivity index is 1.26. The number of benzene rings is 2. The van der Waals surface area contributed by atoms with Crippen molar-refractivity contribution in [2.24, 2.45) is 0 Å². The summed E-state index contributed by atoms with van der Waals surface area (Å²) in [5, 5.41) is 9.52. The molecule has 0 N–H and O–H groups in total. The van der Waals surface area contributed by atoms with Gasteiger partial charge in [0.2, 0.25) is 11.6 Å². The van der Waals surface area contributed by atoms with E-state index in [0.717, 1.165) is 24.0 Å². The average Bonchev–Trinajstić information content (AvgIpc) is 3.58. The van der Waals surface area contributed by atoms with Gasteiger partial charge in [-0.1, -0.05) is 48.5 Å². The summed E-state index contributed by atoms with van der Waals surface area (Å²) < 4.78 is 11.2. The summed E-state index contributed by atoms with van der Waals surface area (Å²) in [5.74, 6) is 1.22. The summed E-state index contributed by atoms with van der Waals surface area (Å²) >= 11 is 0. The topological polar surface area (TPSA) is 86.5 Å². The molecule has 34 heavy (non-hydrogen) atoms. The van der Waals surface area contributed by atoms with Crippen molar-refractivity contribution >= 4 is 11.8 Å². The molecule has 1 aliphatic heterocycles. The Bertz CT molecular complexity index is 1300. The predicted octanol–water partition coefficient (Wildman–Crippen LogP) is 4.55. The zero-order valence-corrected chi connectivity index (χ0v) is 18.7. The van der Waals surface area contributed by atoms with Crippen molar-refractivity contribution in [2.45, 2.75) is 12.8 Å². The highest BCUT2D eigenvalue weighted by atomic mass is 16.4. The van der Waals surface area contributed by atoms with Crippen molar-refractivity contribution in [3.63, 3.8) is 0 Å². The van der Waals surface area contributed by atoms with Gasteiger partial charge in [-0.3, -0.25) is 4.79 Å². The number of furan rings is 1. The Labute approximate surface area is 197 Å². The molecule has 7 heteroatoms. The maximum atomic E-state index is 13.4. The Morgan fingerprint density at radius 1 is 0.941 bits per heavy atom. The SMILES string of the molecule is N#Cc1nc(-c2ccco2)oc1N1CCN(C(=O)c2ccccc2CCc2ccccc2)CC1. The first-order valence-corrected chi connectivity index (χ1v) is 11.3. The van der Waals surface area contributed by atoms with Gasteiger partial charge < -0.3 is 18.6 Å². The summed E-state index contributed by atoms with van der Waals surface area (Å²) in [4.78, 5) is 21.5. The molecule has 3 heterocycles. The van der Waals surface area contributed by atoms with Crippen LogP contribution in [0, 0.1) is 11.3 Å². The highest BCUT2D eigenvalue weighted by Gasteiger charge is 2.28. The Hall–Kier alpha value is -4.31. The highest BCUT2D eigenvalue weighted by molar-refractivity contribution is 5.96. The minimum Gasteiger partial charge on any atom is -0.459 e. The summed E-state index contributed by atoms with van der Waals surface area (Å²) in [7, 11) is 0. The van der Waals surface area contributed by atoms with Gasteiger partial charge >= 0.3 is 0 Å². The molecule has 1 aliphatic rings. The molecule has 1 saturated heterocycles. The van der Waals surface area contributed by atoms with E-state index in [9.17, 15) is 10.1 Å². The van der Waals surface area contributed by atoms with E-state index in [-0.39, 0.29) is 17.5 Å². The molecule has 5 rings (SSSR count). The van der Waals surface area contributed by atoms with E-state index in [0.29, 0.717) is 37.8 Å². The number of hydrogen-bond donors (Lipinski definition) is 0. The third kappa shape index (κ3) is 4.44. The first-order valence-electron chi connectivity index (χ1n) is 11.3. The van der Waals surface area contributed by atoms with Gasteiger partial charge in [-0.25, -0.2) is 0 Å². The quantitative estimate of drug-likeness (QED) is 0.426. The molecule has 0 saturated carbocycles. The third-order valence-electron chi connectivity index (χ3n) is 6.07. The first-order chi connectivity index (χ1) is 16.7. The maximum absolute atomic E-state index is 13.4. The Morgan fingerprint density at radius 3 is 2.44 bits per heavy atom. The van der Waals surface area contributed by atoms with Gasteiger partial charge in [0.15, 0.2) is 5.76 Å². The number of amides is 1. The van der Waals surface area contributed by atoms with Crippen molar-refractivity contribution in [3.8, 4) is 17.7 Å². The molecule has 0 radical (unpaired) electrons. The zero-order valence-electron chi connectivity index (χ0n) is 18.7. The molecule has 0 atom stereocenters. The number of oxazole rings is 1. The van der Waals surface area contributed by atoms with Gasteiger partial charge in [0.1, 0.15) is 6.07 Å². The van der Waals surface area contributed by atoms with E-state index in [1.165, 1.54) is 11.8 Å². The second-order valence-electron chi connectivity index (χ2n) is 8.18. The molecule has 170 valence electrons. The van der Waals surface area contributed by atoms with Crippen LogP contribution in [-0.4, -0.2) is 42.0 Å². The normalized spacial score (nSPS) is 13.6. The van der Waals surface area contributed by atoms with Crippen LogP contribution in [0.2, 0.25) is 0 Å². The minimum atomic E-state index is 0.0395. The van der Waals surface area contributed by atoms with Crippen LogP contribution >= 0.6 is 0 Å². The maximum Gasteiger partial charge on any atom is 0.266 e. The second-order valence-corrected chi connectivity index (χ2v) is 8.18. The predicted molar refractivity (Wildman–Crippen MR) is 127 cm³/mol. The van der Waals surface area contributed by atoms with Gasteiger partial charge in [0.05, 0.1) is 6.26 Å². The van der Waals surface area contributed by atoms with Crippen molar-refractivity contribution in [1.29, 1.82) is 5.26 Å². The Kier molecular flexibility index (Phi) is 6.13. The fourth-order valence-electron chi connectivity index (χ4n) is 4.26. The molecule has 1 fully saturated rings. The molecular formula is C27H24N4O3. The number of aromatic nitrogens is 1. The number of nitriles is 1. The summed E-state index contributed by atoms with van der Waals surface area (Å²) in [5.41, 5.74) is 3.29. The van der Waals surface area contributed by atoms with E-state index in [1.807, 2.05) is 52.3 Å². The van der Waals surface area contributed by atoms with Gasteiger partial charge in [0, 0.05) is 31.7 Å². The second kappa shape index (κ2) is 9.67. The van der Waals surface area contributed by atoms with Crippen LogP contribution in [0.4, 0.5) is 5.88 Å². The molecule has 7 nitrogen and oxygen atoms in total. The number of carbonyl (C=O) groups is 1. The standard InChI is InChI=1S/C27H24N4O3/c28-19-23-27(34-25(29-23)24-11-6-18-33-24)31-16-14-30(15-17-31)26(32)22-10-5-4-9-21(22)13-12-20-7-2-1-3-8-20/h1-11,18H,12-17H2. The van der Waals surface area contributed by atoms with E-state index in [4.69, 9.17) is 8.83 Å². The highest BCUT2D eigenvalue weighted by Crippen LogP contribution is 2.29. The van der Waals surface area contributed by atoms with Crippen LogP contribution in [0.25, 0.3) is 11.7 Å². The van der Waals surface area contributed by atoms with Crippen molar-refractivity contribution in [2.75, 3.05) is 31.1 Å². The van der Waals surface area contributed by atoms with E-state index in [1.54, 1.807) is 12.1 Å². The first kappa shape index (κ1) is 21.5. The smallest absolute Gasteiger partial charge is 0.266 e. The number of hydrogen-bond acceptors (Lipinski definition) is 6. The van der Waals surface area contributed by atoms with Crippen LogP contribution in [0.1, 0.15) is 27.2 Å². The molecule has 2 aromatic heterocycles. The van der Waals surface area contributed by atoms with Crippen molar-refractivity contribution < 1.29 is 13.6 Å². The molecular weight excluding hydrogens is 428 g/mol. The lowest BCUT2D eigenvalue weighted by atomic mass is 9.99. The number of aryl methyl sites for hydroxylation is 2. The van der Waals surface area contributed by atoms with Gasteiger partial charge in [-0.2, -0.15) is 10.2 Å². The van der Waals surface area contributed by atoms with Crippen LogP contribution in [0.3, 0.4) is 0 Å². The largest absolute Gasteiger partial charge is 0.459 e. The number of anilines is 1. The third-order valence-corrected chi connectivity index (χ3v) is 6.07. The summed E-state index contributed by atoms with van der Waals surface area (Å²) in [6.45, 7) is 2.18. The zero-order chi connectivity index (χ0) is 23.3. The van der Waals surface area contributed by atoms with Gasteiger partial charge in [0.25, 0.3) is 11.8 Å². The monoisotopic (exact) mass is 452 g/mol. The van der Waals surface area contributed by atoms with E-state index in [2.05, 4.69) is 23.2 Å². The van der Waals surface area contributed by atoms with Crippen LogP contribution in [-0.2, 0) is 12.8 Å². The lowest BCUT2D eigenvalue weighted by Crippen LogP contribution is -2.49. The average molecular weight is 453 g/mol. The molecule has 0 bridgehead atoms. The lowest BCUT2D eigenvalue weighted by molar-refractivity contribution is 0.0744. The molecule has 0 unspecified atom stereocenters. The van der Waals surface area contributed by atoms with Gasteiger partial charge in [-0.05, 0) is 42.2 Å². The van der Waals surface area contributed by atoms with Crippen LogP contribution in [0.5, 0.6) is 0 Å². The number of rotatable bonds is 6. The van der Waals surface area contributed by atoms with Crippen molar-refractivity contribution in [1.82, 2.24) is 9.88 Å². The Morgan fingerprint density at radius 2 is 1.71 bits per heavy atom. The molecule has 2 aromatic carbocycles. The lowest BCUT2D eigenvalue weighted by Gasteiger charge is -2.34. The van der Waals surface area contributed by atoms with Crippen LogP contribution < -0.4 is 4.90 Å². The number of piperazine rings is 1. The number of carbonyl (C=O) groups excluding carboxylic acids is 1. The summed E-state index contributed by atoms with van der Waals surface area (Å²) in [6, 6.07) is 23.7. The fourth-order valence-corrected chi connectivity index (χ4v) is 4.26. The van der Waals surface area contributed by atoms with Gasteiger partial charge in [-0.15, -0.1) is 0 Å². The molecule has 0 spiro atoms. The van der Waals surface area contributed by atoms with E-state index < -0.39 is 0 Å². The summed E-state index contributed by atoms with van der Waals surface area (Å²) in [6.07, 6.45) is 3.23. The fraction of sp³-hybridized carbons (Fsp3) is 0.222.